The zero-order valence-electron chi connectivity index (χ0n) is 14.3. The molecule has 0 amide bonds. The summed E-state index contributed by atoms with van der Waals surface area (Å²) in [5.41, 5.74) is 2.50. The maximum atomic E-state index is 13.2. The number of carbonyl (C=O) groups is 1. The smallest absolute Gasteiger partial charge is 0.335 e. The van der Waals surface area contributed by atoms with Gasteiger partial charge in [0.2, 0.25) is 0 Å². The molecule has 132 valence electrons. The molecule has 6 heteroatoms. The molecule has 1 fully saturated rings. The molecule has 0 aliphatic carbocycles. The number of aromatic nitrogens is 1. The Kier molecular flexibility index (Phi) is 5.16. The van der Waals surface area contributed by atoms with Gasteiger partial charge in [0.25, 0.3) is 0 Å². The van der Waals surface area contributed by atoms with Gasteiger partial charge in [-0.1, -0.05) is 0 Å². The number of piperidine rings is 1. The highest BCUT2D eigenvalue weighted by Crippen LogP contribution is 2.21. The van der Waals surface area contributed by atoms with Gasteiger partial charge in [0.15, 0.2) is 0 Å². The van der Waals surface area contributed by atoms with Gasteiger partial charge in [0, 0.05) is 18.8 Å². The maximum absolute atomic E-state index is 13.2. The van der Waals surface area contributed by atoms with Crippen LogP contribution in [-0.2, 0) is 6.54 Å². The highest BCUT2D eigenvalue weighted by molar-refractivity contribution is 5.88. The van der Waals surface area contributed by atoms with Crippen LogP contribution in [0.4, 0.5) is 15.9 Å². The lowest BCUT2D eigenvalue weighted by Crippen LogP contribution is -2.30. The highest BCUT2D eigenvalue weighted by Gasteiger charge is 2.16. The van der Waals surface area contributed by atoms with Crippen LogP contribution in [0, 0.1) is 12.7 Å². The van der Waals surface area contributed by atoms with Crippen LogP contribution in [0.2, 0.25) is 0 Å². The largest absolute Gasteiger partial charge is 0.478 e. The second-order valence-corrected chi connectivity index (χ2v) is 6.37. The number of carboxylic acid groups (broad SMARTS) is 1. The van der Waals surface area contributed by atoms with Crippen LogP contribution >= 0.6 is 0 Å². The first kappa shape index (κ1) is 17.2. The SMILES string of the molecule is Cc1cc(F)ccc1NCc1cc(C(=O)O)cc(N2CCCCC2)n1. The molecule has 0 spiro atoms. The molecule has 2 aromatic rings. The summed E-state index contributed by atoms with van der Waals surface area (Å²) in [5, 5.41) is 12.6. The van der Waals surface area contributed by atoms with E-state index in [1.54, 1.807) is 18.2 Å². The fraction of sp³-hybridized carbons (Fsp3) is 0.368. The van der Waals surface area contributed by atoms with Gasteiger partial charge in [-0.25, -0.2) is 14.2 Å². The maximum Gasteiger partial charge on any atom is 0.335 e. The zero-order chi connectivity index (χ0) is 17.8. The molecule has 2 N–H and O–H groups in total. The van der Waals surface area contributed by atoms with E-state index < -0.39 is 5.97 Å². The molecule has 0 radical (unpaired) electrons. The summed E-state index contributed by atoms with van der Waals surface area (Å²) in [5.74, 6) is -0.520. The lowest BCUT2D eigenvalue weighted by atomic mass is 10.1. The first-order valence-electron chi connectivity index (χ1n) is 8.52. The van der Waals surface area contributed by atoms with Gasteiger partial charge < -0.3 is 15.3 Å². The Morgan fingerprint density at radius 2 is 2.00 bits per heavy atom. The summed E-state index contributed by atoms with van der Waals surface area (Å²) in [4.78, 5) is 18.2. The van der Waals surface area contributed by atoms with E-state index in [2.05, 4.69) is 15.2 Å². The number of anilines is 2. The molecule has 0 unspecified atom stereocenters. The van der Waals surface area contributed by atoms with Gasteiger partial charge in [-0.15, -0.1) is 0 Å². The number of nitrogens with zero attached hydrogens (tertiary/aromatic N) is 2. The number of carboxylic acids is 1. The van der Waals surface area contributed by atoms with E-state index in [4.69, 9.17) is 0 Å². The van der Waals surface area contributed by atoms with Crippen LogP contribution in [0.15, 0.2) is 30.3 Å². The van der Waals surface area contributed by atoms with Crippen molar-refractivity contribution in [2.24, 2.45) is 0 Å². The Bertz CT molecular complexity index is 773. The summed E-state index contributed by atoms with van der Waals surface area (Å²) < 4.78 is 13.2. The van der Waals surface area contributed by atoms with Crippen molar-refractivity contribution in [3.63, 3.8) is 0 Å². The number of pyridine rings is 1. The quantitative estimate of drug-likeness (QED) is 0.864. The van der Waals surface area contributed by atoms with Gasteiger partial charge in [0.1, 0.15) is 11.6 Å². The monoisotopic (exact) mass is 343 g/mol. The number of halogens is 1. The molecule has 5 nitrogen and oxygen atoms in total. The highest BCUT2D eigenvalue weighted by atomic mass is 19.1. The number of nitrogens with one attached hydrogen (secondary N) is 1. The topological polar surface area (TPSA) is 65.5 Å². The minimum atomic E-state index is -0.958. The van der Waals surface area contributed by atoms with Crippen molar-refractivity contribution in [2.75, 3.05) is 23.3 Å². The second kappa shape index (κ2) is 7.51. The lowest BCUT2D eigenvalue weighted by Gasteiger charge is -2.28. The Morgan fingerprint density at radius 3 is 2.68 bits per heavy atom. The van der Waals surface area contributed by atoms with Crippen LogP contribution < -0.4 is 10.2 Å². The number of benzene rings is 1. The lowest BCUT2D eigenvalue weighted by molar-refractivity contribution is 0.0696. The molecule has 1 aromatic carbocycles. The summed E-state index contributed by atoms with van der Waals surface area (Å²) in [7, 11) is 0. The Morgan fingerprint density at radius 1 is 1.24 bits per heavy atom. The van der Waals surface area contributed by atoms with E-state index in [-0.39, 0.29) is 11.4 Å². The summed E-state index contributed by atoms with van der Waals surface area (Å²) in [6.45, 7) is 4.01. The first-order valence-corrected chi connectivity index (χ1v) is 8.52. The Hall–Kier alpha value is -2.63. The van der Waals surface area contributed by atoms with Gasteiger partial charge in [-0.05, 0) is 62.1 Å². The molecular formula is C19H22FN3O2. The van der Waals surface area contributed by atoms with E-state index in [1.165, 1.54) is 18.6 Å². The number of hydrogen-bond acceptors (Lipinski definition) is 4. The minimum Gasteiger partial charge on any atom is -0.478 e. The van der Waals surface area contributed by atoms with E-state index in [0.29, 0.717) is 18.1 Å². The summed E-state index contributed by atoms with van der Waals surface area (Å²) in [6, 6.07) is 7.76. The van der Waals surface area contributed by atoms with E-state index in [9.17, 15) is 14.3 Å². The molecule has 0 atom stereocenters. The molecule has 2 heterocycles. The second-order valence-electron chi connectivity index (χ2n) is 6.37. The predicted octanol–water partition coefficient (Wildman–Crippen LogP) is 3.83. The van der Waals surface area contributed by atoms with Crippen molar-refractivity contribution >= 4 is 17.5 Å². The van der Waals surface area contributed by atoms with Gasteiger partial charge in [-0.2, -0.15) is 0 Å². The number of rotatable bonds is 5. The van der Waals surface area contributed by atoms with Crippen LogP contribution in [0.3, 0.4) is 0 Å². The third-order valence-corrected chi connectivity index (χ3v) is 4.44. The molecule has 3 rings (SSSR count). The van der Waals surface area contributed by atoms with Gasteiger partial charge >= 0.3 is 5.97 Å². The molecule has 0 saturated carbocycles. The third kappa shape index (κ3) is 4.26. The van der Waals surface area contributed by atoms with Gasteiger partial charge in [0.05, 0.1) is 17.8 Å². The normalized spacial score (nSPS) is 14.4. The van der Waals surface area contributed by atoms with Crippen molar-refractivity contribution < 1.29 is 14.3 Å². The molecule has 1 aromatic heterocycles. The predicted molar refractivity (Wildman–Crippen MR) is 95.7 cm³/mol. The standard InChI is InChI=1S/C19H22FN3O2/c1-13-9-15(20)5-6-17(13)21-12-16-10-14(19(24)25)11-18(22-16)23-7-3-2-4-8-23/h5-6,9-11,21H,2-4,7-8,12H2,1H3,(H,24,25). The minimum absolute atomic E-state index is 0.239. The van der Waals surface area contributed by atoms with Crippen molar-refractivity contribution in [3.8, 4) is 0 Å². The average molecular weight is 343 g/mol. The molecule has 1 aliphatic rings. The zero-order valence-corrected chi connectivity index (χ0v) is 14.3. The molecule has 25 heavy (non-hydrogen) atoms. The van der Waals surface area contributed by atoms with Crippen LogP contribution in [-0.4, -0.2) is 29.1 Å². The summed E-state index contributed by atoms with van der Waals surface area (Å²) >= 11 is 0. The van der Waals surface area contributed by atoms with Crippen LogP contribution in [0.25, 0.3) is 0 Å². The first-order chi connectivity index (χ1) is 12.0. The average Bonchev–Trinajstić information content (AvgIpc) is 2.61. The van der Waals surface area contributed by atoms with E-state index in [1.807, 2.05) is 6.92 Å². The molecule has 1 aliphatic heterocycles. The fourth-order valence-electron chi connectivity index (χ4n) is 3.08. The molecular weight excluding hydrogens is 321 g/mol. The van der Waals surface area contributed by atoms with Crippen molar-refractivity contribution in [1.82, 2.24) is 4.98 Å². The number of aryl methyl sites for hydroxylation is 1. The summed E-state index contributed by atoms with van der Waals surface area (Å²) in [6.07, 6.45) is 3.40. The van der Waals surface area contributed by atoms with Crippen molar-refractivity contribution in [1.29, 1.82) is 0 Å². The van der Waals surface area contributed by atoms with Crippen molar-refractivity contribution in [3.05, 3.63) is 53.0 Å². The number of hydrogen-bond donors (Lipinski definition) is 2. The Balaban J connectivity index is 1.81. The van der Waals surface area contributed by atoms with E-state index >= 15 is 0 Å². The molecule has 0 bridgehead atoms. The van der Waals surface area contributed by atoms with Gasteiger partial charge in [-0.3, -0.25) is 0 Å². The van der Waals surface area contributed by atoms with Crippen LogP contribution in [0.1, 0.15) is 40.9 Å². The fourth-order valence-corrected chi connectivity index (χ4v) is 3.08. The van der Waals surface area contributed by atoms with E-state index in [0.717, 1.165) is 37.2 Å². The number of aromatic carboxylic acids is 1. The third-order valence-electron chi connectivity index (χ3n) is 4.44. The van der Waals surface area contributed by atoms with Crippen LogP contribution in [0.5, 0.6) is 0 Å². The Labute approximate surface area is 146 Å². The molecule has 1 saturated heterocycles. The van der Waals surface area contributed by atoms with Crippen molar-refractivity contribution in [2.45, 2.75) is 32.7 Å².